The van der Waals surface area contributed by atoms with E-state index in [9.17, 15) is 29.4 Å². The highest BCUT2D eigenvalue weighted by atomic mass is 16.5. The van der Waals surface area contributed by atoms with Gasteiger partial charge in [-0.15, -0.1) is 0 Å². The molecule has 0 atom stereocenters. The van der Waals surface area contributed by atoms with E-state index >= 15 is 0 Å². The maximum absolute atomic E-state index is 12.4. The van der Waals surface area contributed by atoms with Gasteiger partial charge in [0.25, 0.3) is 0 Å². The number of aliphatic carboxylic acids is 2. The zero-order valence-electron chi connectivity index (χ0n) is 18.6. The van der Waals surface area contributed by atoms with E-state index < -0.39 is 35.7 Å². The van der Waals surface area contributed by atoms with Crippen LogP contribution in [0.5, 0.6) is 0 Å². The van der Waals surface area contributed by atoms with Crippen molar-refractivity contribution in [3.05, 3.63) is 70.8 Å². The van der Waals surface area contributed by atoms with Gasteiger partial charge in [0.05, 0.1) is 35.7 Å². The van der Waals surface area contributed by atoms with E-state index in [1.165, 1.54) is 48.5 Å². The first-order valence-electron chi connectivity index (χ1n) is 10.7. The third kappa shape index (κ3) is 6.19. The third-order valence-electron chi connectivity index (χ3n) is 5.15. The normalized spacial score (nSPS) is 11.0. The molecule has 0 aromatic heterocycles. The van der Waals surface area contributed by atoms with Gasteiger partial charge in [-0.05, 0) is 61.1 Å². The molecule has 0 amide bonds. The first-order chi connectivity index (χ1) is 15.8. The maximum atomic E-state index is 12.4. The van der Waals surface area contributed by atoms with E-state index in [0.717, 1.165) is 0 Å². The quantitative estimate of drug-likeness (QED) is 0.439. The average molecular weight is 454 g/mol. The molecular weight excluding hydrogens is 428 g/mol. The molecule has 0 heterocycles. The Bertz CT molecular complexity index is 913. The summed E-state index contributed by atoms with van der Waals surface area (Å²) in [5.41, 5.74) is -0.950. The molecule has 0 aliphatic heterocycles. The zero-order valence-corrected chi connectivity index (χ0v) is 18.6. The van der Waals surface area contributed by atoms with Crippen LogP contribution >= 0.6 is 0 Å². The van der Waals surface area contributed by atoms with Gasteiger partial charge in [0.2, 0.25) is 0 Å². The lowest BCUT2D eigenvalue weighted by molar-refractivity contribution is -0.313. The predicted octanol–water partition coefficient (Wildman–Crippen LogP) is 1.39. The fourth-order valence-electron chi connectivity index (χ4n) is 3.42. The maximum Gasteiger partial charge on any atom is 0.338 e. The summed E-state index contributed by atoms with van der Waals surface area (Å²) in [4.78, 5) is 47.8. The third-order valence-corrected chi connectivity index (χ3v) is 5.15. The van der Waals surface area contributed by atoms with Gasteiger partial charge in [-0.2, -0.15) is 0 Å². The minimum absolute atomic E-state index is 0.220. The van der Waals surface area contributed by atoms with Gasteiger partial charge in [-0.1, -0.05) is 38.1 Å². The molecule has 8 heteroatoms. The molecule has 33 heavy (non-hydrogen) atoms. The van der Waals surface area contributed by atoms with Crippen molar-refractivity contribution in [3.8, 4) is 0 Å². The fourth-order valence-corrected chi connectivity index (χ4v) is 3.42. The molecule has 0 unspecified atom stereocenters. The lowest BCUT2D eigenvalue weighted by Gasteiger charge is -2.36. The number of carbonyl (C=O) groups excluding carboxylic acids is 4. The Morgan fingerprint density at radius 1 is 0.727 bits per heavy atom. The first kappa shape index (κ1) is 25.6. The molecule has 0 spiro atoms. The smallest absolute Gasteiger partial charge is 0.338 e. The van der Waals surface area contributed by atoms with Crippen molar-refractivity contribution in [3.63, 3.8) is 0 Å². The van der Waals surface area contributed by atoms with Crippen molar-refractivity contribution in [1.82, 2.24) is 0 Å². The highest BCUT2D eigenvalue weighted by molar-refractivity contribution is 5.91. The van der Waals surface area contributed by atoms with Crippen LogP contribution in [0.1, 0.15) is 71.4 Å². The van der Waals surface area contributed by atoms with Crippen LogP contribution in [0, 0.1) is 0 Å². The van der Waals surface area contributed by atoms with Crippen molar-refractivity contribution in [1.29, 1.82) is 0 Å². The van der Waals surface area contributed by atoms with Crippen LogP contribution in [0.15, 0.2) is 48.5 Å². The molecule has 0 fully saturated rings. The number of carboxylic acids is 2. The van der Waals surface area contributed by atoms with Gasteiger partial charge in [-0.25, -0.2) is 9.59 Å². The van der Waals surface area contributed by atoms with Crippen LogP contribution in [0.2, 0.25) is 0 Å². The molecule has 176 valence electrons. The van der Waals surface area contributed by atoms with Crippen LogP contribution in [-0.4, -0.2) is 37.1 Å². The number of rotatable bonds is 12. The van der Waals surface area contributed by atoms with Crippen LogP contribution < -0.4 is 10.2 Å². The summed E-state index contributed by atoms with van der Waals surface area (Å²) in [6, 6.07) is 11.4. The second kappa shape index (κ2) is 11.8. The Hall–Kier alpha value is -3.68. The van der Waals surface area contributed by atoms with E-state index in [0.29, 0.717) is 12.8 Å². The van der Waals surface area contributed by atoms with Crippen molar-refractivity contribution in [2.45, 2.75) is 44.9 Å². The standard InChI is InChI=1S/C25H28O8/c1-3-15-32-22(28)17-5-9-19(10-6-17)25(24(30)31,14-13-21(26)27)20-11-7-18(8-12-20)23(29)33-16-4-2/h5-12H,3-4,13-16H2,1-2H3,(H,26,27)(H,30,31)/p-2. The monoisotopic (exact) mass is 454 g/mol. The minimum atomic E-state index is -1.85. The minimum Gasteiger partial charge on any atom is -0.550 e. The molecule has 0 saturated heterocycles. The Morgan fingerprint density at radius 3 is 1.42 bits per heavy atom. The van der Waals surface area contributed by atoms with Gasteiger partial charge in [0.15, 0.2) is 0 Å². The summed E-state index contributed by atoms with van der Waals surface area (Å²) in [6.45, 7) is 4.22. The largest absolute Gasteiger partial charge is 0.550 e. The summed E-state index contributed by atoms with van der Waals surface area (Å²) in [5.74, 6) is -4.04. The Morgan fingerprint density at radius 2 is 1.12 bits per heavy atom. The average Bonchev–Trinajstić information content (AvgIpc) is 2.81. The molecule has 2 rings (SSSR count). The predicted molar refractivity (Wildman–Crippen MR) is 114 cm³/mol. The summed E-state index contributed by atoms with van der Waals surface area (Å²) in [6.07, 6.45) is 0.414. The summed E-state index contributed by atoms with van der Waals surface area (Å²) in [5, 5.41) is 23.6. The molecule has 0 saturated carbocycles. The fraction of sp³-hybridized carbons (Fsp3) is 0.360. The van der Waals surface area contributed by atoms with Gasteiger partial charge >= 0.3 is 11.9 Å². The number of hydrogen-bond donors (Lipinski definition) is 0. The van der Waals surface area contributed by atoms with Crippen molar-refractivity contribution >= 4 is 23.9 Å². The molecule has 0 radical (unpaired) electrons. The molecule has 2 aromatic rings. The van der Waals surface area contributed by atoms with Gasteiger partial charge in [0, 0.05) is 5.97 Å². The summed E-state index contributed by atoms with van der Waals surface area (Å²) >= 11 is 0. The topological polar surface area (TPSA) is 133 Å². The molecule has 2 aromatic carbocycles. The van der Waals surface area contributed by atoms with Crippen LogP contribution in [0.4, 0.5) is 0 Å². The summed E-state index contributed by atoms with van der Waals surface area (Å²) < 4.78 is 10.2. The van der Waals surface area contributed by atoms with Gasteiger partial charge < -0.3 is 29.3 Å². The Balaban J connectivity index is 2.48. The van der Waals surface area contributed by atoms with E-state index in [4.69, 9.17) is 9.47 Å². The lowest BCUT2D eigenvalue weighted by atomic mass is 9.71. The van der Waals surface area contributed by atoms with E-state index in [-0.39, 0.29) is 41.9 Å². The number of hydrogen-bond acceptors (Lipinski definition) is 8. The number of ether oxygens (including phenoxy) is 2. The second-order valence-electron chi connectivity index (χ2n) is 7.49. The van der Waals surface area contributed by atoms with Crippen LogP contribution in [0.25, 0.3) is 0 Å². The second-order valence-corrected chi connectivity index (χ2v) is 7.49. The molecule has 0 aliphatic carbocycles. The number of esters is 2. The van der Waals surface area contributed by atoms with Crippen molar-refractivity contribution in [2.75, 3.05) is 13.2 Å². The molecular formula is C25H26O8-2. The Labute approximate surface area is 192 Å². The van der Waals surface area contributed by atoms with Crippen molar-refractivity contribution in [2.24, 2.45) is 0 Å². The first-order valence-corrected chi connectivity index (χ1v) is 10.7. The van der Waals surface area contributed by atoms with E-state index in [1.54, 1.807) is 0 Å². The van der Waals surface area contributed by atoms with Crippen molar-refractivity contribution < 1.29 is 38.9 Å². The number of carbonyl (C=O) groups is 4. The van der Waals surface area contributed by atoms with E-state index in [2.05, 4.69) is 0 Å². The molecule has 0 N–H and O–H groups in total. The molecule has 0 bridgehead atoms. The molecule has 0 aliphatic rings. The number of benzene rings is 2. The summed E-state index contributed by atoms with van der Waals surface area (Å²) in [7, 11) is 0. The van der Waals surface area contributed by atoms with Gasteiger partial charge in [-0.3, -0.25) is 0 Å². The SMILES string of the molecule is CCCOC(=O)c1ccc(C(CCC(=O)[O-])(C(=O)[O-])c2ccc(C(=O)OCCC)cc2)cc1. The number of carboxylic acid groups (broad SMARTS) is 2. The zero-order chi connectivity index (χ0) is 24.4. The Kier molecular flexibility index (Phi) is 9.15. The van der Waals surface area contributed by atoms with Crippen LogP contribution in [-0.2, 0) is 24.5 Å². The molecule has 8 nitrogen and oxygen atoms in total. The van der Waals surface area contributed by atoms with E-state index in [1.807, 2.05) is 13.8 Å². The highest BCUT2D eigenvalue weighted by Crippen LogP contribution is 2.37. The lowest BCUT2D eigenvalue weighted by Crippen LogP contribution is -2.47. The van der Waals surface area contributed by atoms with Crippen LogP contribution in [0.3, 0.4) is 0 Å². The highest BCUT2D eigenvalue weighted by Gasteiger charge is 2.36. The van der Waals surface area contributed by atoms with Gasteiger partial charge in [0.1, 0.15) is 0 Å².